The fourth-order valence-electron chi connectivity index (χ4n) is 10.2. The van der Waals surface area contributed by atoms with Gasteiger partial charge in [-0.1, -0.05) is 151 Å². The summed E-state index contributed by atoms with van der Waals surface area (Å²) in [6.07, 6.45) is 9.85. The number of unbranched alkanes of at least 4 members (excludes halogenated alkanes) is 3. The van der Waals surface area contributed by atoms with Crippen molar-refractivity contribution >= 4 is 75.6 Å². The van der Waals surface area contributed by atoms with Crippen LogP contribution in [0.1, 0.15) is 387 Å². The van der Waals surface area contributed by atoms with Crippen LogP contribution in [0, 0.1) is 38.9 Å². The Morgan fingerprint density at radius 3 is 0.821 bits per heavy atom. The normalized spacial score (nSPS) is 14.3. The van der Waals surface area contributed by atoms with Crippen LogP contribution in [-0.2, 0) is 62.3 Å². The van der Waals surface area contributed by atoms with Gasteiger partial charge in [0, 0.05) is 74.0 Å². The van der Waals surface area contributed by atoms with Crippen LogP contribution in [0.25, 0.3) is 0 Å². The van der Waals surface area contributed by atoms with E-state index in [1.165, 1.54) is 13.8 Å². The molecule has 0 spiro atoms. The highest BCUT2D eigenvalue weighted by molar-refractivity contribution is 5.91. The number of hydrogen-bond acceptors (Lipinski definition) is 26. The van der Waals surface area contributed by atoms with Crippen LogP contribution in [0.15, 0.2) is 0 Å². The second-order valence-corrected chi connectivity index (χ2v) is 43.5. The Hall–Kier alpha value is -5.21. The highest BCUT2D eigenvalue weighted by atomic mass is 16.4. The molecule has 0 fully saturated rings. The van der Waals surface area contributed by atoms with Gasteiger partial charge in [0.1, 0.15) is 40.5 Å². The van der Waals surface area contributed by atoms with Crippen molar-refractivity contribution in [2.24, 2.45) is 84.8 Å². The minimum Gasteiger partial charge on any atom is -0.481 e. The van der Waals surface area contributed by atoms with E-state index in [4.69, 9.17) is 56.1 Å². The van der Waals surface area contributed by atoms with Crippen molar-refractivity contribution in [2.45, 2.75) is 475 Å². The van der Waals surface area contributed by atoms with Crippen LogP contribution < -0.4 is 72.5 Å². The molecule has 123 heavy (non-hydrogen) atoms. The average Bonchev–Trinajstić information content (AvgIpc) is 0.723. The van der Waals surface area contributed by atoms with Gasteiger partial charge in [0.25, 0.3) is 0 Å². The summed E-state index contributed by atoms with van der Waals surface area (Å²) in [6, 6.07) is -2.75. The van der Waals surface area contributed by atoms with Gasteiger partial charge >= 0.3 is 11.9 Å². The molecule has 0 saturated carbocycles. The molecule has 0 heterocycles. The molecule has 28 nitrogen and oxygen atoms in total. The van der Waals surface area contributed by atoms with E-state index >= 15 is 0 Å². The molecule has 0 aliphatic heterocycles. The molecule has 0 aromatic heterocycles. The number of Topliss-reactive ketones (excluding diaryl/α,β-unsaturated/α-hetero) is 11. The predicted molar refractivity (Wildman–Crippen MR) is 512 cm³/mol. The Morgan fingerprint density at radius 2 is 0.593 bits per heavy atom. The molecule has 732 valence electrons. The minimum atomic E-state index is -0.919. The number of aliphatic carboxylic acids is 2. The number of carbonyl (C=O) groups is 13. The Bertz CT molecular complexity index is 2970. The standard InChI is InChI=1S/2C11H24N2O.C10H22N2O.C10H19NO3.C10H19NO2.C10H21NO.C9H17NO3.C9H19NO.C8H17NO.C7H15NO/c1-9(14)10(12)7-5-6-8-13-11(2,3)4;1-9(14)10(7-5-6-8-12)13-11(2,3)4;1-10(2,3)9(13)8(12)6-4-5-7-11;1-7(12)8(5-6-9(13)14)11-10(2,3)4;1-7(12)8(11)5-6-9(13)10(2,3)4;1-7(2)9(8(3)12)11-10(4,5)6;1-9(2,3)8(13)6(10)4-5-7(11)12;1-6(2)7(10)8(11)9(3,4)5;1-6(7(2)10)9-8(3,4)5;1-5(8)6(9)7(2,3)4/h2*10,13H,5-8,12H2,1-4H3;8H,4-7,11-12H2,1-3H3;8,11H,5-6H2,1-4H3,(H,13,14);8H,5-6,11H2,1-4H3;7,9,11H,1-6H3;6H,4-5,10H2,1-3H3,(H,11,12);6-7H,10H2,1-5H3;6,9H,1-5H3;5H,8H2,1-4H3/t2*10-;3*8-;9-;6-;7-;6-;5-/m0000000000/s1. The molecule has 0 bridgehead atoms. The molecular weight excluding hydrogens is 1560 g/mol. The van der Waals surface area contributed by atoms with Crippen LogP contribution in [0.2, 0.25) is 0 Å². The van der Waals surface area contributed by atoms with Gasteiger partial charge in [-0.2, -0.15) is 0 Å². The van der Waals surface area contributed by atoms with Gasteiger partial charge in [-0.15, -0.1) is 0 Å². The fraction of sp³-hybridized carbons (Fsp3) is 0.863. The number of carboxylic acid groups (broad SMARTS) is 2. The summed E-state index contributed by atoms with van der Waals surface area (Å²) in [5.74, 6) is -0.0616. The number of carboxylic acids is 2. The molecule has 0 rings (SSSR count). The van der Waals surface area contributed by atoms with E-state index in [-0.39, 0.29) is 186 Å². The lowest BCUT2D eigenvalue weighted by atomic mass is 9.83. The summed E-state index contributed by atoms with van der Waals surface area (Å²) in [5.41, 5.74) is 42.6. The fourth-order valence-corrected chi connectivity index (χ4v) is 10.2. The summed E-state index contributed by atoms with van der Waals surface area (Å²) >= 11 is 0. The summed E-state index contributed by atoms with van der Waals surface area (Å²) in [6.45, 7) is 82.2. The number of carbonyl (C=O) groups excluding carboxylic acids is 11. The SMILES string of the molecule is CC(=O)[C@@H](N)CCC(=O)C(C)(C)C.CC(=O)[C@@H](N)CCCCNC(C)(C)C.CC(=O)[C@@H](NC(C)(C)C)C(C)C.CC(=O)[C@H](C)NC(C)(C)C.CC(=O)[C@H](CCC(=O)O)NC(C)(C)C.CC(=O)[C@H](CCCCN)NC(C)(C)C.CC(C)(C)C(=O)[C@@H](N)CCC(=O)O.CC(C)(C)C(=O)[C@@H](N)CCCCN.CC(C)[C@H](N)C(=O)C(C)(C)C.C[C@H](N)C(=O)C(C)(C)C. The maximum atomic E-state index is 11.6. The molecule has 0 aromatic rings. The lowest BCUT2D eigenvalue weighted by molar-refractivity contribution is -0.138. The van der Waals surface area contributed by atoms with Gasteiger partial charge in [0.2, 0.25) is 0 Å². The monoisotopic (exact) mass is 1760 g/mol. The van der Waals surface area contributed by atoms with E-state index in [1.54, 1.807) is 55.4 Å². The van der Waals surface area contributed by atoms with E-state index in [9.17, 15) is 62.3 Å². The van der Waals surface area contributed by atoms with Crippen LogP contribution in [-0.4, -0.2) is 194 Å². The Morgan fingerprint density at radius 1 is 0.293 bits per heavy atom. The zero-order chi connectivity index (χ0) is 101. The third-order valence-electron chi connectivity index (χ3n) is 17.6. The van der Waals surface area contributed by atoms with Crippen molar-refractivity contribution in [1.82, 2.24) is 26.6 Å². The van der Waals surface area contributed by atoms with Gasteiger partial charge in [-0.05, 0) is 249 Å². The molecule has 0 amide bonds. The zero-order valence-electron chi connectivity index (χ0n) is 86.5. The maximum absolute atomic E-state index is 11.6. The smallest absolute Gasteiger partial charge is 0.303 e. The summed E-state index contributed by atoms with van der Waals surface area (Å²) in [5, 5.41) is 33.2. The van der Waals surface area contributed by atoms with E-state index in [1.807, 2.05) is 145 Å². The number of nitrogens with one attached hydrogen (secondary N) is 5. The van der Waals surface area contributed by atoms with Crippen LogP contribution in [0.3, 0.4) is 0 Å². The lowest BCUT2D eigenvalue weighted by Gasteiger charge is -2.29. The van der Waals surface area contributed by atoms with E-state index in [2.05, 4.69) is 103 Å². The van der Waals surface area contributed by atoms with Gasteiger partial charge in [-0.25, -0.2) is 0 Å². The highest BCUT2D eigenvalue weighted by Crippen LogP contribution is 2.23. The van der Waals surface area contributed by atoms with Crippen molar-refractivity contribution in [3.05, 3.63) is 0 Å². The lowest BCUT2D eigenvalue weighted by Crippen LogP contribution is -2.49. The number of nitrogens with two attached hydrogens (primary N) is 8. The van der Waals surface area contributed by atoms with Crippen molar-refractivity contribution in [3.63, 3.8) is 0 Å². The maximum Gasteiger partial charge on any atom is 0.303 e. The quantitative estimate of drug-likeness (QED) is 0.0255. The van der Waals surface area contributed by atoms with Crippen LogP contribution in [0.5, 0.6) is 0 Å². The van der Waals surface area contributed by atoms with Crippen molar-refractivity contribution in [1.29, 1.82) is 0 Å². The Kier molecular flexibility index (Phi) is 75.4. The van der Waals surface area contributed by atoms with Crippen LogP contribution >= 0.6 is 0 Å². The molecule has 0 radical (unpaired) electrons. The number of hydrogen-bond donors (Lipinski definition) is 15. The first-order valence-corrected chi connectivity index (χ1v) is 44.5. The third kappa shape index (κ3) is 95.7. The summed E-state index contributed by atoms with van der Waals surface area (Å²) in [4.78, 5) is 144. The first kappa shape index (κ1) is 138. The second-order valence-electron chi connectivity index (χ2n) is 43.5. The van der Waals surface area contributed by atoms with Gasteiger partial charge in [-0.3, -0.25) is 62.3 Å². The van der Waals surface area contributed by atoms with Crippen molar-refractivity contribution in [3.8, 4) is 0 Å². The average molecular weight is 1760 g/mol. The zero-order valence-corrected chi connectivity index (χ0v) is 86.5. The Balaban J connectivity index is -0.000000145. The molecule has 28 heteroatoms. The number of ketones is 11. The summed E-state index contributed by atoms with van der Waals surface area (Å²) in [7, 11) is 0. The molecule has 10 atom stereocenters. The largest absolute Gasteiger partial charge is 0.481 e. The van der Waals surface area contributed by atoms with E-state index in [0.29, 0.717) is 38.3 Å². The molecule has 0 aromatic carbocycles. The van der Waals surface area contributed by atoms with E-state index < -0.39 is 29.4 Å². The molecule has 0 aliphatic carbocycles. The Labute approximate surface area is 750 Å². The topological polar surface area (TPSA) is 531 Å². The summed E-state index contributed by atoms with van der Waals surface area (Å²) < 4.78 is 0. The highest BCUT2D eigenvalue weighted by Gasteiger charge is 2.32. The van der Waals surface area contributed by atoms with Gasteiger partial charge < -0.3 is 82.7 Å². The molecular formula is C95H197N13O15. The molecule has 23 N–H and O–H groups in total. The third-order valence-corrected chi connectivity index (χ3v) is 17.6. The van der Waals surface area contributed by atoms with Crippen LogP contribution in [0.4, 0.5) is 0 Å². The minimum absolute atomic E-state index is 0.000941. The predicted octanol–water partition coefficient (Wildman–Crippen LogP) is 13.1. The van der Waals surface area contributed by atoms with Gasteiger partial charge in [0.15, 0.2) is 23.1 Å². The molecule has 0 unspecified atom stereocenters. The first-order chi connectivity index (χ1) is 54.5. The number of rotatable bonds is 38. The van der Waals surface area contributed by atoms with Crippen molar-refractivity contribution < 1.29 is 72.5 Å². The van der Waals surface area contributed by atoms with E-state index in [0.717, 1.165) is 64.3 Å². The van der Waals surface area contributed by atoms with Crippen molar-refractivity contribution in [2.75, 3.05) is 19.6 Å². The van der Waals surface area contributed by atoms with Gasteiger partial charge in [0.05, 0.1) is 60.4 Å². The first-order valence-electron chi connectivity index (χ1n) is 44.5. The molecule has 0 aliphatic rings. The molecule has 0 saturated heterocycles. The second kappa shape index (κ2) is 67.1.